The molecule has 0 radical (unpaired) electrons. The van der Waals surface area contributed by atoms with E-state index in [1.54, 1.807) is 12.3 Å². The van der Waals surface area contributed by atoms with E-state index in [9.17, 15) is 9.18 Å². The number of aryl methyl sites for hydroxylation is 1. The minimum atomic E-state index is -0.504. The molecule has 6 rings (SSSR count). The number of nitrogens with zero attached hydrogens (tertiary/aromatic N) is 5. The van der Waals surface area contributed by atoms with Crippen LogP contribution in [0.25, 0.3) is 5.65 Å². The second-order valence-corrected chi connectivity index (χ2v) is 9.30. The third kappa shape index (κ3) is 3.52. The molecule has 32 heavy (non-hydrogen) atoms. The van der Waals surface area contributed by atoms with Gasteiger partial charge in [-0.1, -0.05) is 0 Å². The van der Waals surface area contributed by atoms with E-state index in [1.165, 1.54) is 25.5 Å². The second kappa shape index (κ2) is 7.55. The topological polar surface area (TPSA) is 65.8 Å². The number of aromatic nitrogens is 3. The molecule has 3 fully saturated rings. The molecule has 1 saturated carbocycles. The number of piperazine rings is 1. The van der Waals surface area contributed by atoms with Crippen LogP contribution >= 0.6 is 0 Å². The first-order valence-electron chi connectivity index (χ1n) is 11.5. The quantitative estimate of drug-likeness (QED) is 0.680. The van der Waals surface area contributed by atoms with E-state index in [-0.39, 0.29) is 5.56 Å². The van der Waals surface area contributed by atoms with Crippen LogP contribution in [0.4, 0.5) is 15.9 Å². The standard InChI is InChI=1S/C24H27FN6O/c1-15-12-31-14-21(27-22(16-4-5-16)23(31)26-15)28-24(32)19-7-6-17(11-20(19)25)30-10-9-29-8-2-3-18(29)13-30/h6-7,11-12,14,16,18H,2-5,8-10,13H2,1H3,(H,28,32)/t18-/m0/s1. The Kier molecular flexibility index (Phi) is 4.64. The molecule has 166 valence electrons. The number of amides is 1. The van der Waals surface area contributed by atoms with Crippen LogP contribution in [0.15, 0.2) is 30.6 Å². The summed E-state index contributed by atoms with van der Waals surface area (Å²) in [4.78, 5) is 26.8. The molecule has 3 aliphatic rings. The van der Waals surface area contributed by atoms with Gasteiger partial charge in [-0.3, -0.25) is 9.69 Å². The summed E-state index contributed by atoms with van der Waals surface area (Å²) in [5, 5.41) is 2.79. The van der Waals surface area contributed by atoms with Crippen molar-refractivity contribution in [3.05, 3.63) is 53.4 Å². The summed E-state index contributed by atoms with van der Waals surface area (Å²) in [7, 11) is 0. The predicted molar refractivity (Wildman–Crippen MR) is 121 cm³/mol. The summed E-state index contributed by atoms with van der Waals surface area (Å²) < 4.78 is 16.9. The highest BCUT2D eigenvalue weighted by molar-refractivity contribution is 6.04. The molecule has 2 aliphatic heterocycles. The molecule has 3 aromatic rings. The Morgan fingerprint density at radius 1 is 1.12 bits per heavy atom. The van der Waals surface area contributed by atoms with Crippen molar-refractivity contribution in [2.75, 3.05) is 36.4 Å². The van der Waals surface area contributed by atoms with Crippen LogP contribution in [0.5, 0.6) is 0 Å². The molecule has 1 aliphatic carbocycles. The zero-order valence-electron chi connectivity index (χ0n) is 18.2. The van der Waals surface area contributed by atoms with Gasteiger partial charge in [0.1, 0.15) is 11.6 Å². The number of benzene rings is 1. The summed E-state index contributed by atoms with van der Waals surface area (Å²) in [6.45, 7) is 5.93. The Hall–Kier alpha value is -3.00. The van der Waals surface area contributed by atoms with Crippen molar-refractivity contribution in [3.8, 4) is 0 Å². The summed E-state index contributed by atoms with van der Waals surface area (Å²) in [5.74, 6) is -0.189. The van der Waals surface area contributed by atoms with Gasteiger partial charge in [0, 0.05) is 43.5 Å². The molecule has 4 heterocycles. The van der Waals surface area contributed by atoms with Gasteiger partial charge in [-0.25, -0.2) is 14.4 Å². The van der Waals surface area contributed by atoms with Crippen molar-refractivity contribution in [2.45, 2.75) is 44.6 Å². The van der Waals surface area contributed by atoms with E-state index in [2.05, 4.69) is 25.1 Å². The van der Waals surface area contributed by atoms with Gasteiger partial charge in [-0.05, 0) is 57.4 Å². The fourth-order valence-electron chi connectivity index (χ4n) is 5.13. The fourth-order valence-corrected chi connectivity index (χ4v) is 5.13. The van der Waals surface area contributed by atoms with Crippen LogP contribution in [0, 0.1) is 12.7 Å². The van der Waals surface area contributed by atoms with E-state index in [0.717, 1.165) is 55.2 Å². The molecule has 7 nitrogen and oxygen atoms in total. The molecular formula is C24H27FN6O. The van der Waals surface area contributed by atoms with E-state index in [0.29, 0.717) is 17.8 Å². The number of hydrogen-bond donors (Lipinski definition) is 1. The van der Waals surface area contributed by atoms with Crippen molar-refractivity contribution >= 4 is 23.1 Å². The molecule has 1 N–H and O–H groups in total. The average molecular weight is 435 g/mol. The molecule has 2 saturated heterocycles. The summed E-state index contributed by atoms with van der Waals surface area (Å²) in [6, 6.07) is 5.49. The lowest BCUT2D eigenvalue weighted by Gasteiger charge is -2.38. The third-order valence-corrected chi connectivity index (χ3v) is 6.94. The van der Waals surface area contributed by atoms with Crippen molar-refractivity contribution in [2.24, 2.45) is 0 Å². The number of carbonyl (C=O) groups excluding carboxylic acids is 1. The van der Waals surface area contributed by atoms with Gasteiger partial charge in [0.15, 0.2) is 5.65 Å². The molecule has 0 bridgehead atoms. The van der Waals surface area contributed by atoms with E-state index in [1.807, 2.05) is 23.6 Å². The summed E-state index contributed by atoms with van der Waals surface area (Å²) in [6.07, 6.45) is 8.27. The Balaban J connectivity index is 1.22. The Bertz CT molecular complexity index is 1200. The van der Waals surface area contributed by atoms with Gasteiger partial charge in [0.2, 0.25) is 0 Å². The average Bonchev–Trinajstić information content (AvgIpc) is 3.39. The van der Waals surface area contributed by atoms with Gasteiger partial charge < -0.3 is 14.6 Å². The molecule has 2 aromatic heterocycles. The van der Waals surface area contributed by atoms with Crippen molar-refractivity contribution in [3.63, 3.8) is 0 Å². The van der Waals surface area contributed by atoms with Gasteiger partial charge in [-0.2, -0.15) is 0 Å². The third-order valence-electron chi connectivity index (χ3n) is 6.94. The lowest BCUT2D eigenvalue weighted by atomic mass is 10.1. The van der Waals surface area contributed by atoms with Gasteiger partial charge in [0.05, 0.1) is 23.1 Å². The van der Waals surface area contributed by atoms with Crippen LogP contribution in [0.1, 0.15) is 53.3 Å². The highest BCUT2D eigenvalue weighted by Gasteiger charge is 2.31. The zero-order valence-corrected chi connectivity index (χ0v) is 18.2. The maximum atomic E-state index is 15.0. The van der Waals surface area contributed by atoms with Crippen LogP contribution < -0.4 is 10.2 Å². The Labute approximate surface area is 186 Å². The number of carbonyl (C=O) groups is 1. The van der Waals surface area contributed by atoms with E-state index < -0.39 is 11.7 Å². The number of fused-ring (bicyclic) bond motifs is 2. The van der Waals surface area contributed by atoms with Gasteiger partial charge >= 0.3 is 0 Å². The number of rotatable bonds is 4. The Morgan fingerprint density at radius 2 is 2.00 bits per heavy atom. The van der Waals surface area contributed by atoms with E-state index >= 15 is 0 Å². The molecule has 1 atom stereocenters. The van der Waals surface area contributed by atoms with Gasteiger partial charge in [0.25, 0.3) is 5.91 Å². The largest absolute Gasteiger partial charge is 0.369 e. The first-order chi connectivity index (χ1) is 15.5. The van der Waals surface area contributed by atoms with Gasteiger partial charge in [-0.15, -0.1) is 0 Å². The monoisotopic (exact) mass is 434 g/mol. The van der Waals surface area contributed by atoms with Crippen molar-refractivity contribution < 1.29 is 9.18 Å². The fraction of sp³-hybridized carbons (Fsp3) is 0.458. The molecular weight excluding hydrogens is 407 g/mol. The number of anilines is 2. The van der Waals surface area contributed by atoms with Crippen LogP contribution in [0.3, 0.4) is 0 Å². The number of nitrogens with one attached hydrogen (secondary N) is 1. The maximum absolute atomic E-state index is 15.0. The lowest BCUT2D eigenvalue weighted by molar-refractivity contribution is 0.102. The highest BCUT2D eigenvalue weighted by Crippen LogP contribution is 2.41. The molecule has 1 aromatic carbocycles. The SMILES string of the molecule is Cc1cn2cc(NC(=O)c3ccc(N4CCN5CCC[C@H]5C4)cc3F)nc(C3CC3)c2n1. The van der Waals surface area contributed by atoms with Crippen LogP contribution in [-0.2, 0) is 0 Å². The normalized spacial score (nSPS) is 21.2. The first kappa shape index (κ1) is 19.7. The predicted octanol–water partition coefficient (Wildman–Crippen LogP) is 3.59. The van der Waals surface area contributed by atoms with Crippen molar-refractivity contribution in [1.82, 2.24) is 19.3 Å². The molecule has 8 heteroatoms. The number of imidazole rings is 1. The first-order valence-corrected chi connectivity index (χ1v) is 11.5. The number of hydrogen-bond acceptors (Lipinski definition) is 5. The summed E-state index contributed by atoms with van der Waals surface area (Å²) >= 11 is 0. The second-order valence-electron chi connectivity index (χ2n) is 9.30. The van der Waals surface area contributed by atoms with Crippen LogP contribution in [-0.4, -0.2) is 57.4 Å². The van der Waals surface area contributed by atoms with Crippen LogP contribution in [0.2, 0.25) is 0 Å². The molecule has 0 spiro atoms. The lowest BCUT2D eigenvalue weighted by Crippen LogP contribution is -2.50. The summed E-state index contributed by atoms with van der Waals surface area (Å²) in [5.41, 5.74) is 3.51. The maximum Gasteiger partial charge on any atom is 0.259 e. The van der Waals surface area contributed by atoms with E-state index in [4.69, 9.17) is 0 Å². The smallest absolute Gasteiger partial charge is 0.259 e. The van der Waals surface area contributed by atoms with Crippen molar-refractivity contribution in [1.29, 1.82) is 0 Å². The highest BCUT2D eigenvalue weighted by atomic mass is 19.1. The Morgan fingerprint density at radius 3 is 2.81 bits per heavy atom. The molecule has 0 unspecified atom stereocenters. The zero-order chi connectivity index (χ0) is 21.8. The number of halogens is 1. The minimum absolute atomic E-state index is 0.0323. The molecule has 1 amide bonds. The minimum Gasteiger partial charge on any atom is -0.369 e.